The number of hydrogen-bond acceptors (Lipinski definition) is 7. The van der Waals surface area contributed by atoms with Crippen LogP contribution in [0.2, 0.25) is 0 Å². The molecule has 2 heterocycles. The second kappa shape index (κ2) is 6.81. The molecule has 0 saturated carbocycles. The van der Waals surface area contributed by atoms with Gasteiger partial charge < -0.3 is 20.1 Å². The van der Waals surface area contributed by atoms with Crippen molar-refractivity contribution < 1.29 is 14.3 Å². The standard InChI is InChI=1S/C15H12N4O3S/c16-6-11(8-19-15-17-3-4-23-15)14(20)18-7-10-1-2-12-13(5-10)22-9-21-12/h1-5,8H,7,9H2,(H,17,19)(H,18,20)/b11-8-. The Labute approximate surface area is 136 Å². The molecule has 0 spiro atoms. The molecule has 0 unspecified atom stereocenters. The molecule has 0 fully saturated rings. The van der Waals surface area contributed by atoms with Gasteiger partial charge in [-0.05, 0) is 17.7 Å². The van der Waals surface area contributed by atoms with E-state index in [4.69, 9.17) is 14.7 Å². The van der Waals surface area contributed by atoms with E-state index in [2.05, 4.69) is 15.6 Å². The van der Waals surface area contributed by atoms with Crippen LogP contribution in [0.1, 0.15) is 5.56 Å². The minimum Gasteiger partial charge on any atom is -0.454 e. The van der Waals surface area contributed by atoms with Crippen LogP contribution in [0.15, 0.2) is 41.5 Å². The van der Waals surface area contributed by atoms with E-state index < -0.39 is 5.91 Å². The molecule has 0 bridgehead atoms. The fourth-order valence-electron chi connectivity index (χ4n) is 1.91. The smallest absolute Gasteiger partial charge is 0.263 e. The van der Waals surface area contributed by atoms with Gasteiger partial charge in [-0.1, -0.05) is 6.07 Å². The summed E-state index contributed by atoms with van der Waals surface area (Å²) in [5.41, 5.74) is 0.828. The van der Waals surface area contributed by atoms with Crippen LogP contribution in [0.5, 0.6) is 11.5 Å². The summed E-state index contributed by atoms with van der Waals surface area (Å²) >= 11 is 1.38. The second-order valence-corrected chi connectivity index (χ2v) is 5.42. The first-order valence-electron chi connectivity index (χ1n) is 6.69. The first-order chi connectivity index (χ1) is 11.3. The van der Waals surface area contributed by atoms with Crippen molar-refractivity contribution in [1.29, 1.82) is 5.26 Å². The summed E-state index contributed by atoms with van der Waals surface area (Å²) in [6, 6.07) is 7.28. The highest BCUT2D eigenvalue weighted by molar-refractivity contribution is 7.13. The predicted octanol–water partition coefficient (Wildman–Crippen LogP) is 2.01. The number of anilines is 1. The highest BCUT2D eigenvalue weighted by Gasteiger charge is 2.14. The van der Waals surface area contributed by atoms with E-state index in [0.717, 1.165) is 5.56 Å². The summed E-state index contributed by atoms with van der Waals surface area (Å²) in [7, 11) is 0. The number of nitriles is 1. The fraction of sp³-hybridized carbons (Fsp3) is 0.133. The molecule has 2 aromatic rings. The molecule has 0 atom stereocenters. The van der Waals surface area contributed by atoms with Gasteiger partial charge in [0.2, 0.25) is 6.79 Å². The van der Waals surface area contributed by atoms with Crippen molar-refractivity contribution in [2.24, 2.45) is 0 Å². The minimum absolute atomic E-state index is 0.0269. The zero-order valence-electron chi connectivity index (χ0n) is 11.9. The number of nitrogens with one attached hydrogen (secondary N) is 2. The number of thiazole rings is 1. The number of hydrogen-bond donors (Lipinski definition) is 2. The summed E-state index contributed by atoms with van der Waals surface area (Å²) in [6.45, 7) is 0.487. The molecule has 7 nitrogen and oxygen atoms in total. The van der Waals surface area contributed by atoms with Gasteiger partial charge in [-0.15, -0.1) is 11.3 Å². The van der Waals surface area contributed by atoms with Crippen LogP contribution in [0.25, 0.3) is 0 Å². The highest BCUT2D eigenvalue weighted by atomic mass is 32.1. The van der Waals surface area contributed by atoms with Gasteiger partial charge in [0.1, 0.15) is 11.6 Å². The van der Waals surface area contributed by atoms with Crippen LogP contribution in [-0.4, -0.2) is 17.7 Å². The van der Waals surface area contributed by atoms with Crippen LogP contribution >= 0.6 is 11.3 Å². The quantitative estimate of drug-likeness (QED) is 0.644. The lowest BCUT2D eigenvalue weighted by atomic mass is 10.2. The summed E-state index contributed by atoms with van der Waals surface area (Å²) in [5.74, 6) is 0.873. The minimum atomic E-state index is -0.464. The van der Waals surface area contributed by atoms with Crippen LogP contribution < -0.4 is 20.1 Å². The number of carbonyl (C=O) groups excluding carboxylic acids is 1. The SMILES string of the molecule is N#C/C(=C/Nc1nccs1)C(=O)NCc1ccc2c(c1)OCO2. The Morgan fingerprint density at radius 2 is 2.30 bits per heavy atom. The van der Waals surface area contributed by atoms with Crippen LogP contribution in [0, 0.1) is 11.3 Å². The van der Waals surface area contributed by atoms with Gasteiger partial charge in [-0.25, -0.2) is 4.98 Å². The summed E-state index contributed by atoms with van der Waals surface area (Å²) in [5, 5.41) is 17.0. The molecule has 2 N–H and O–H groups in total. The number of fused-ring (bicyclic) bond motifs is 1. The summed E-state index contributed by atoms with van der Waals surface area (Å²) in [4.78, 5) is 16.0. The molecule has 3 rings (SSSR count). The van der Waals surface area contributed by atoms with Crippen LogP contribution in [0.4, 0.5) is 5.13 Å². The number of carbonyl (C=O) groups is 1. The summed E-state index contributed by atoms with van der Waals surface area (Å²) < 4.78 is 10.5. The first kappa shape index (κ1) is 14.9. The lowest BCUT2D eigenvalue weighted by molar-refractivity contribution is -0.117. The largest absolute Gasteiger partial charge is 0.454 e. The Hall–Kier alpha value is -3.05. The van der Waals surface area contributed by atoms with Gasteiger partial charge in [0.15, 0.2) is 16.6 Å². The van der Waals surface area contributed by atoms with Crippen molar-refractivity contribution in [2.45, 2.75) is 6.54 Å². The molecular weight excluding hydrogens is 316 g/mol. The van der Waals surface area contributed by atoms with Crippen LogP contribution in [0.3, 0.4) is 0 Å². The third kappa shape index (κ3) is 3.59. The topological polar surface area (TPSA) is 96.3 Å². The molecule has 0 saturated heterocycles. The molecule has 0 aliphatic carbocycles. The second-order valence-electron chi connectivity index (χ2n) is 4.52. The maximum Gasteiger partial charge on any atom is 0.263 e. The van der Waals surface area contributed by atoms with E-state index in [1.54, 1.807) is 23.7 Å². The van der Waals surface area contributed by atoms with Gasteiger partial charge in [0, 0.05) is 24.3 Å². The van der Waals surface area contributed by atoms with Crippen molar-refractivity contribution >= 4 is 22.4 Å². The van der Waals surface area contributed by atoms with E-state index in [-0.39, 0.29) is 18.9 Å². The zero-order valence-corrected chi connectivity index (χ0v) is 12.7. The Bertz CT molecular complexity index is 781. The molecule has 0 radical (unpaired) electrons. The summed E-state index contributed by atoms with van der Waals surface area (Å²) in [6.07, 6.45) is 2.97. The molecule has 23 heavy (non-hydrogen) atoms. The predicted molar refractivity (Wildman–Crippen MR) is 83.8 cm³/mol. The van der Waals surface area contributed by atoms with Gasteiger partial charge in [-0.2, -0.15) is 5.26 Å². The van der Waals surface area contributed by atoms with Gasteiger partial charge in [-0.3, -0.25) is 4.79 Å². The average molecular weight is 328 g/mol. The van der Waals surface area contributed by atoms with E-state index in [0.29, 0.717) is 16.6 Å². The zero-order chi connectivity index (χ0) is 16.1. The van der Waals surface area contributed by atoms with Gasteiger partial charge >= 0.3 is 0 Å². The van der Waals surface area contributed by atoms with Gasteiger partial charge in [0.05, 0.1) is 0 Å². The molecule has 1 aromatic heterocycles. The van der Waals surface area contributed by atoms with Crippen molar-refractivity contribution in [1.82, 2.24) is 10.3 Å². The van der Waals surface area contributed by atoms with Crippen LogP contribution in [-0.2, 0) is 11.3 Å². The van der Waals surface area contributed by atoms with Crippen molar-refractivity contribution in [3.63, 3.8) is 0 Å². The average Bonchev–Trinajstić information content (AvgIpc) is 3.24. The molecule has 8 heteroatoms. The van der Waals surface area contributed by atoms with Crippen molar-refractivity contribution in [3.05, 3.63) is 47.1 Å². The third-order valence-electron chi connectivity index (χ3n) is 3.03. The molecule has 116 valence electrons. The number of nitrogens with zero attached hydrogens (tertiary/aromatic N) is 2. The lowest BCUT2D eigenvalue weighted by Crippen LogP contribution is -2.24. The number of benzene rings is 1. The molecule has 1 aliphatic heterocycles. The van der Waals surface area contributed by atoms with E-state index in [1.807, 2.05) is 12.1 Å². The number of amides is 1. The monoisotopic (exact) mass is 328 g/mol. The first-order valence-corrected chi connectivity index (χ1v) is 7.57. The highest BCUT2D eigenvalue weighted by Crippen LogP contribution is 2.32. The lowest BCUT2D eigenvalue weighted by Gasteiger charge is -2.05. The van der Waals surface area contributed by atoms with E-state index >= 15 is 0 Å². The fourth-order valence-corrected chi connectivity index (χ4v) is 2.40. The normalized spacial score (nSPS) is 12.6. The Morgan fingerprint density at radius 3 is 3.09 bits per heavy atom. The van der Waals surface area contributed by atoms with Crippen molar-refractivity contribution in [2.75, 3.05) is 12.1 Å². The Morgan fingerprint density at radius 1 is 1.43 bits per heavy atom. The maximum absolute atomic E-state index is 12.0. The van der Waals surface area contributed by atoms with E-state index in [1.165, 1.54) is 17.5 Å². The Kier molecular flexibility index (Phi) is 4.40. The van der Waals surface area contributed by atoms with Gasteiger partial charge in [0.25, 0.3) is 5.91 Å². The number of aromatic nitrogens is 1. The molecule has 1 aliphatic rings. The third-order valence-corrected chi connectivity index (χ3v) is 3.73. The Balaban J connectivity index is 1.59. The number of rotatable bonds is 5. The number of ether oxygens (including phenoxy) is 2. The van der Waals surface area contributed by atoms with Crippen molar-refractivity contribution in [3.8, 4) is 17.6 Å². The molecular formula is C15H12N4O3S. The van der Waals surface area contributed by atoms with E-state index in [9.17, 15) is 4.79 Å². The molecule has 1 aromatic carbocycles. The molecule has 1 amide bonds. The maximum atomic E-state index is 12.0.